The summed E-state index contributed by atoms with van der Waals surface area (Å²) in [6.07, 6.45) is 0.538. The molecule has 140 valence electrons. The third-order valence-electron chi connectivity index (χ3n) is 4.89. The highest BCUT2D eigenvalue weighted by molar-refractivity contribution is 9.10. The van der Waals surface area contributed by atoms with Crippen molar-refractivity contribution in [3.05, 3.63) is 99.5 Å². The summed E-state index contributed by atoms with van der Waals surface area (Å²) in [6, 6.07) is 22.3. The van der Waals surface area contributed by atoms with Gasteiger partial charge in [-0.3, -0.25) is 4.79 Å². The first-order valence-electron chi connectivity index (χ1n) is 9.04. The Balaban J connectivity index is 1.75. The Hall–Kier alpha value is -2.92. The molecule has 5 heteroatoms. The van der Waals surface area contributed by atoms with Crippen LogP contribution in [0.5, 0.6) is 5.75 Å². The summed E-state index contributed by atoms with van der Waals surface area (Å²) in [4.78, 5) is 13.2. The molecule has 1 aliphatic heterocycles. The van der Waals surface area contributed by atoms with Crippen molar-refractivity contribution in [3.8, 4) is 5.75 Å². The summed E-state index contributed by atoms with van der Waals surface area (Å²) in [7, 11) is 0. The molecule has 4 nitrogen and oxygen atoms in total. The van der Waals surface area contributed by atoms with Crippen molar-refractivity contribution < 1.29 is 9.90 Å². The highest BCUT2D eigenvalue weighted by Gasteiger charge is 2.34. The molecule has 3 aromatic rings. The first-order valence-corrected chi connectivity index (χ1v) is 9.84. The number of carbonyl (C=O) groups excluding carboxylic acids is 1. The lowest BCUT2D eigenvalue weighted by Gasteiger charge is -2.22. The number of phenols is 1. The van der Waals surface area contributed by atoms with Crippen LogP contribution in [0.3, 0.4) is 0 Å². The second-order valence-corrected chi connectivity index (χ2v) is 7.77. The smallest absolute Gasteiger partial charge is 0.274 e. The minimum atomic E-state index is -0.225. The number of hydrazone groups is 1. The van der Waals surface area contributed by atoms with Crippen molar-refractivity contribution in [1.82, 2.24) is 5.01 Å². The van der Waals surface area contributed by atoms with Gasteiger partial charge in [0, 0.05) is 22.0 Å². The van der Waals surface area contributed by atoms with Gasteiger partial charge in [-0.15, -0.1) is 0 Å². The highest BCUT2D eigenvalue weighted by atomic mass is 79.9. The van der Waals surface area contributed by atoms with E-state index in [0.29, 0.717) is 23.3 Å². The summed E-state index contributed by atoms with van der Waals surface area (Å²) in [5.74, 6) is 0.0128. The molecule has 0 unspecified atom stereocenters. The molecule has 1 N–H and O–H groups in total. The molecule has 0 saturated heterocycles. The molecule has 0 saturated carbocycles. The van der Waals surface area contributed by atoms with E-state index < -0.39 is 0 Å². The van der Waals surface area contributed by atoms with Crippen molar-refractivity contribution in [2.75, 3.05) is 0 Å². The van der Waals surface area contributed by atoms with Crippen LogP contribution in [0, 0.1) is 6.92 Å². The largest absolute Gasteiger partial charge is 0.507 e. The first kappa shape index (κ1) is 18.4. The Bertz CT molecular complexity index is 1040. The van der Waals surface area contributed by atoms with Crippen LogP contribution < -0.4 is 0 Å². The quantitative estimate of drug-likeness (QED) is 0.595. The number of amides is 1. The van der Waals surface area contributed by atoms with Gasteiger partial charge in [-0.05, 0) is 48.9 Å². The SMILES string of the molecule is Cc1ccc(C(=O)N2N=C(c3ccccc3O)C[C@H]2c2ccc(Br)cc2)cc1. The van der Waals surface area contributed by atoms with Crippen LogP contribution in [0.4, 0.5) is 0 Å². The minimum absolute atomic E-state index is 0.154. The maximum absolute atomic E-state index is 13.2. The molecule has 1 heterocycles. The number of hydrogen-bond acceptors (Lipinski definition) is 3. The van der Waals surface area contributed by atoms with Crippen molar-refractivity contribution in [2.45, 2.75) is 19.4 Å². The summed E-state index contributed by atoms with van der Waals surface area (Å²) in [6.45, 7) is 1.99. The molecule has 3 aromatic carbocycles. The number of aryl methyl sites for hydroxylation is 1. The fourth-order valence-corrected chi connectivity index (χ4v) is 3.62. The van der Waals surface area contributed by atoms with E-state index >= 15 is 0 Å². The Morgan fingerprint density at radius 1 is 1.04 bits per heavy atom. The number of carbonyl (C=O) groups is 1. The molecule has 1 atom stereocenters. The Kier molecular flexibility index (Phi) is 5.01. The van der Waals surface area contributed by atoms with Gasteiger partial charge in [0.15, 0.2) is 0 Å². The van der Waals surface area contributed by atoms with E-state index in [4.69, 9.17) is 0 Å². The second-order valence-electron chi connectivity index (χ2n) is 6.85. The molecule has 1 aliphatic rings. The predicted molar refractivity (Wildman–Crippen MR) is 113 cm³/mol. The molecule has 0 fully saturated rings. The zero-order chi connectivity index (χ0) is 19.7. The number of rotatable bonds is 3. The van der Waals surface area contributed by atoms with E-state index in [1.807, 2.05) is 67.6 Å². The molecule has 0 radical (unpaired) electrons. The fourth-order valence-electron chi connectivity index (χ4n) is 3.35. The third kappa shape index (κ3) is 3.58. The molecule has 28 heavy (non-hydrogen) atoms. The van der Waals surface area contributed by atoms with Gasteiger partial charge in [0.25, 0.3) is 5.91 Å². The van der Waals surface area contributed by atoms with Gasteiger partial charge in [0.05, 0.1) is 11.8 Å². The topological polar surface area (TPSA) is 52.9 Å². The molecule has 0 spiro atoms. The average Bonchev–Trinajstić information content (AvgIpc) is 3.14. The van der Waals surface area contributed by atoms with Crippen LogP contribution in [0.2, 0.25) is 0 Å². The van der Waals surface area contributed by atoms with Gasteiger partial charge in [-0.1, -0.05) is 57.9 Å². The van der Waals surface area contributed by atoms with Gasteiger partial charge in [-0.25, -0.2) is 5.01 Å². The lowest BCUT2D eigenvalue weighted by atomic mass is 9.97. The van der Waals surface area contributed by atoms with E-state index in [2.05, 4.69) is 21.0 Å². The zero-order valence-electron chi connectivity index (χ0n) is 15.3. The van der Waals surface area contributed by atoms with Gasteiger partial charge >= 0.3 is 0 Å². The monoisotopic (exact) mass is 434 g/mol. The molecule has 0 aromatic heterocycles. The predicted octanol–water partition coefficient (Wildman–Crippen LogP) is 5.45. The third-order valence-corrected chi connectivity index (χ3v) is 5.42. The normalized spacial score (nSPS) is 16.1. The number of hydrogen-bond donors (Lipinski definition) is 1. The number of halogens is 1. The van der Waals surface area contributed by atoms with Crippen LogP contribution in [0.1, 0.15) is 39.5 Å². The van der Waals surface area contributed by atoms with Crippen LogP contribution in [-0.2, 0) is 0 Å². The maximum Gasteiger partial charge on any atom is 0.274 e. The highest BCUT2D eigenvalue weighted by Crippen LogP contribution is 2.36. The zero-order valence-corrected chi connectivity index (χ0v) is 16.9. The van der Waals surface area contributed by atoms with Crippen LogP contribution in [-0.4, -0.2) is 21.7 Å². The standard InChI is InChI=1S/C23H19BrN2O2/c1-15-6-8-17(9-7-15)23(28)26-21(16-10-12-18(24)13-11-16)14-20(25-26)19-4-2-3-5-22(19)27/h2-13,21,27H,14H2,1H3/t21-/m0/s1. The van der Waals surface area contributed by atoms with Gasteiger partial charge < -0.3 is 5.11 Å². The van der Waals surface area contributed by atoms with E-state index in [-0.39, 0.29) is 17.7 Å². The Morgan fingerprint density at radius 3 is 2.39 bits per heavy atom. The molecule has 0 aliphatic carbocycles. The molecule has 4 rings (SSSR count). The Morgan fingerprint density at radius 2 is 1.71 bits per heavy atom. The molecule has 1 amide bonds. The van der Waals surface area contributed by atoms with Crippen LogP contribution in [0.15, 0.2) is 82.4 Å². The second kappa shape index (κ2) is 7.60. The van der Waals surface area contributed by atoms with Crippen LogP contribution >= 0.6 is 15.9 Å². The van der Waals surface area contributed by atoms with E-state index in [9.17, 15) is 9.90 Å². The van der Waals surface area contributed by atoms with Gasteiger partial charge in [-0.2, -0.15) is 5.10 Å². The van der Waals surface area contributed by atoms with Crippen molar-refractivity contribution >= 4 is 27.5 Å². The van der Waals surface area contributed by atoms with Crippen molar-refractivity contribution in [3.63, 3.8) is 0 Å². The average molecular weight is 435 g/mol. The van der Waals surface area contributed by atoms with Crippen molar-refractivity contribution in [2.24, 2.45) is 5.10 Å². The lowest BCUT2D eigenvalue weighted by molar-refractivity contribution is 0.0711. The van der Waals surface area contributed by atoms with Crippen LogP contribution in [0.25, 0.3) is 0 Å². The summed E-state index contributed by atoms with van der Waals surface area (Å²) in [5.41, 5.74) is 4.05. The van der Waals surface area contributed by atoms with E-state index in [1.54, 1.807) is 12.1 Å². The number of para-hydroxylation sites is 1. The van der Waals surface area contributed by atoms with Gasteiger partial charge in [0.2, 0.25) is 0 Å². The lowest BCUT2D eigenvalue weighted by Crippen LogP contribution is -2.27. The van der Waals surface area contributed by atoms with Gasteiger partial charge in [0.1, 0.15) is 5.75 Å². The summed E-state index contributed by atoms with van der Waals surface area (Å²) < 4.78 is 0.979. The molecule has 0 bridgehead atoms. The number of aromatic hydroxyl groups is 1. The summed E-state index contributed by atoms with van der Waals surface area (Å²) in [5, 5.41) is 16.4. The molecular formula is C23H19BrN2O2. The number of nitrogens with zero attached hydrogens (tertiary/aromatic N) is 2. The fraction of sp³-hybridized carbons (Fsp3) is 0.130. The maximum atomic E-state index is 13.2. The van der Waals surface area contributed by atoms with Crippen molar-refractivity contribution in [1.29, 1.82) is 0 Å². The molecular weight excluding hydrogens is 416 g/mol. The summed E-state index contributed by atoms with van der Waals surface area (Å²) >= 11 is 3.46. The number of benzene rings is 3. The minimum Gasteiger partial charge on any atom is -0.507 e. The van der Waals surface area contributed by atoms with E-state index in [1.165, 1.54) is 5.01 Å². The Labute approximate surface area is 172 Å². The number of phenolic OH excluding ortho intramolecular Hbond substituents is 1. The first-order chi connectivity index (χ1) is 13.5. The van der Waals surface area contributed by atoms with E-state index in [0.717, 1.165) is 15.6 Å².